The summed E-state index contributed by atoms with van der Waals surface area (Å²) in [7, 11) is 0. The van der Waals surface area contributed by atoms with Crippen LogP contribution in [-0.4, -0.2) is 20.6 Å². The largest absolute Gasteiger partial charge is 0.314 e. The summed E-state index contributed by atoms with van der Waals surface area (Å²) in [5.41, 5.74) is 7.54. The zero-order valence-corrected chi connectivity index (χ0v) is 12.3. The first-order chi connectivity index (χ1) is 9.19. The maximum atomic E-state index is 4.21. The molecule has 1 aliphatic rings. The number of nitrogens with zero attached hydrogens (tertiary/aromatic N) is 3. The molecule has 0 spiro atoms. The van der Waals surface area contributed by atoms with Gasteiger partial charge in [0.15, 0.2) is 5.82 Å². The van der Waals surface area contributed by atoms with E-state index in [2.05, 4.69) is 54.6 Å². The van der Waals surface area contributed by atoms with Crippen LogP contribution in [0.1, 0.15) is 35.5 Å². The van der Waals surface area contributed by atoms with Gasteiger partial charge in [-0.1, -0.05) is 36.9 Å². The lowest BCUT2D eigenvalue weighted by atomic mass is 10.0. The first-order valence-electron chi connectivity index (χ1n) is 6.60. The van der Waals surface area contributed by atoms with Crippen LogP contribution in [0.3, 0.4) is 0 Å². The Bertz CT molecular complexity index is 592. The van der Waals surface area contributed by atoms with Crippen molar-refractivity contribution in [1.29, 1.82) is 0 Å². The highest BCUT2D eigenvalue weighted by Gasteiger charge is 2.23. The van der Waals surface area contributed by atoms with Crippen molar-refractivity contribution in [3.63, 3.8) is 0 Å². The van der Waals surface area contributed by atoms with Crippen LogP contribution >= 0.6 is 11.8 Å². The van der Waals surface area contributed by atoms with E-state index in [4.69, 9.17) is 0 Å². The van der Waals surface area contributed by atoms with Gasteiger partial charge < -0.3 is 5.43 Å². The van der Waals surface area contributed by atoms with Gasteiger partial charge in [0.25, 0.3) is 0 Å². The van der Waals surface area contributed by atoms with Gasteiger partial charge in [0.05, 0.1) is 6.04 Å². The molecule has 1 unspecified atom stereocenters. The molecule has 3 rings (SSSR count). The topological polar surface area (TPSA) is 42.7 Å². The number of hydrogen-bond donors (Lipinski definition) is 1. The number of rotatable bonds is 2. The van der Waals surface area contributed by atoms with Gasteiger partial charge in [-0.15, -0.1) is 10.2 Å². The second-order valence-corrected chi connectivity index (χ2v) is 5.91. The first-order valence-corrected chi connectivity index (χ1v) is 7.58. The van der Waals surface area contributed by atoms with E-state index in [1.54, 1.807) is 11.8 Å². The normalized spacial score (nSPS) is 17.9. The summed E-state index contributed by atoms with van der Waals surface area (Å²) in [5.74, 6) is 1.99. The van der Waals surface area contributed by atoms with E-state index in [-0.39, 0.29) is 0 Å². The Labute approximate surface area is 117 Å². The highest BCUT2D eigenvalue weighted by Crippen LogP contribution is 2.30. The van der Waals surface area contributed by atoms with Gasteiger partial charge >= 0.3 is 0 Å². The minimum absolute atomic E-state index is 0.318. The van der Waals surface area contributed by atoms with Gasteiger partial charge in [-0.3, -0.25) is 0 Å². The molecule has 4 nitrogen and oxygen atoms in total. The van der Waals surface area contributed by atoms with Crippen molar-refractivity contribution in [2.24, 2.45) is 0 Å². The molecular weight excluding hydrogens is 256 g/mol. The number of fused-ring (bicyclic) bond motifs is 1. The highest BCUT2D eigenvalue weighted by atomic mass is 32.2. The highest BCUT2D eigenvalue weighted by molar-refractivity contribution is 7.99. The van der Waals surface area contributed by atoms with Gasteiger partial charge in [0.1, 0.15) is 0 Å². The zero-order valence-electron chi connectivity index (χ0n) is 11.5. The van der Waals surface area contributed by atoms with Gasteiger partial charge in [-0.2, -0.15) is 0 Å². The van der Waals surface area contributed by atoms with E-state index in [1.165, 1.54) is 16.7 Å². The Kier molecular flexibility index (Phi) is 3.22. The lowest BCUT2D eigenvalue weighted by Crippen LogP contribution is -2.29. The molecule has 0 bridgehead atoms. The quantitative estimate of drug-likeness (QED) is 0.914. The SMILES string of the molecule is CCc1nnc2n1NC(c1ccc(C)c(C)c1)CS2. The molecule has 0 radical (unpaired) electrons. The molecule has 0 amide bonds. The number of thioether (sulfide) groups is 1. The summed E-state index contributed by atoms with van der Waals surface area (Å²) < 4.78 is 2.04. The van der Waals surface area contributed by atoms with Gasteiger partial charge in [-0.05, 0) is 30.5 Å². The minimum atomic E-state index is 0.318. The molecule has 5 heteroatoms. The van der Waals surface area contributed by atoms with Crippen molar-refractivity contribution in [2.45, 2.75) is 38.4 Å². The van der Waals surface area contributed by atoms with Crippen LogP contribution in [0.4, 0.5) is 0 Å². The fourth-order valence-electron chi connectivity index (χ4n) is 2.26. The maximum absolute atomic E-state index is 4.21. The maximum Gasteiger partial charge on any atom is 0.210 e. The predicted molar refractivity (Wildman–Crippen MR) is 78.1 cm³/mol. The fraction of sp³-hybridized carbons (Fsp3) is 0.429. The molecule has 1 aromatic heterocycles. The second kappa shape index (κ2) is 4.89. The molecule has 1 N–H and O–H groups in total. The number of aryl methyl sites for hydroxylation is 3. The standard InChI is InChI=1S/C14H18N4S/c1-4-13-15-16-14-18(13)17-12(8-19-14)11-6-5-9(2)10(3)7-11/h5-7,12,17H,4,8H2,1-3H3. The first kappa shape index (κ1) is 12.5. The molecule has 100 valence electrons. The Morgan fingerprint density at radius 2 is 2.16 bits per heavy atom. The van der Waals surface area contributed by atoms with Crippen LogP contribution in [0, 0.1) is 13.8 Å². The lowest BCUT2D eigenvalue weighted by molar-refractivity contribution is 0.635. The molecule has 0 saturated heterocycles. The van der Waals surface area contributed by atoms with E-state index in [0.29, 0.717) is 6.04 Å². The fourth-order valence-corrected chi connectivity index (χ4v) is 3.22. The predicted octanol–water partition coefficient (Wildman–Crippen LogP) is 2.85. The van der Waals surface area contributed by atoms with E-state index in [9.17, 15) is 0 Å². The summed E-state index contributed by atoms with van der Waals surface area (Å²) in [6.45, 7) is 6.41. The minimum Gasteiger partial charge on any atom is -0.314 e. The van der Waals surface area contributed by atoms with Crippen LogP contribution in [-0.2, 0) is 6.42 Å². The van der Waals surface area contributed by atoms with Crippen molar-refractivity contribution < 1.29 is 0 Å². The lowest BCUT2D eigenvalue weighted by Gasteiger charge is -2.26. The third kappa shape index (κ3) is 2.23. The van der Waals surface area contributed by atoms with Crippen molar-refractivity contribution in [3.8, 4) is 0 Å². The smallest absolute Gasteiger partial charge is 0.210 e. The molecular formula is C14H18N4S. The van der Waals surface area contributed by atoms with Crippen LogP contribution < -0.4 is 5.43 Å². The monoisotopic (exact) mass is 274 g/mol. The van der Waals surface area contributed by atoms with Crippen LogP contribution in [0.15, 0.2) is 23.4 Å². The average Bonchev–Trinajstić information content (AvgIpc) is 2.84. The molecule has 2 heterocycles. The molecule has 2 aromatic rings. The Morgan fingerprint density at radius 3 is 2.89 bits per heavy atom. The third-order valence-corrected chi connectivity index (χ3v) is 4.64. The van der Waals surface area contributed by atoms with E-state index in [0.717, 1.165) is 23.2 Å². The van der Waals surface area contributed by atoms with E-state index >= 15 is 0 Å². The van der Waals surface area contributed by atoms with E-state index in [1.807, 2.05) is 4.68 Å². The van der Waals surface area contributed by atoms with Crippen LogP contribution in [0.2, 0.25) is 0 Å². The van der Waals surface area contributed by atoms with Gasteiger partial charge in [0.2, 0.25) is 5.16 Å². The molecule has 19 heavy (non-hydrogen) atoms. The van der Waals surface area contributed by atoms with Crippen molar-refractivity contribution in [3.05, 3.63) is 40.7 Å². The molecule has 1 atom stereocenters. The summed E-state index contributed by atoms with van der Waals surface area (Å²) in [6.07, 6.45) is 0.889. The Balaban J connectivity index is 1.90. The number of benzene rings is 1. The van der Waals surface area contributed by atoms with Gasteiger partial charge in [-0.25, -0.2) is 4.68 Å². The Hall–Kier alpha value is -1.49. The molecule has 0 aliphatic carbocycles. The third-order valence-electron chi connectivity index (χ3n) is 3.61. The molecule has 1 aromatic carbocycles. The second-order valence-electron chi connectivity index (χ2n) is 4.92. The summed E-state index contributed by atoms with van der Waals surface area (Å²) in [5, 5.41) is 9.38. The number of hydrogen-bond acceptors (Lipinski definition) is 4. The summed E-state index contributed by atoms with van der Waals surface area (Å²) >= 11 is 1.76. The number of nitrogens with one attached hydrogen (secondary N) is 1. The summed E-state index contributed by atoms with van der Waals surface area (Å²) in [4.78, 5) is 0. The van der Waals surface area contributed by atoms with Crippen LogP contribution in [0.5, 0.6) is 0 Å². The van der Waals surface area contributed by atoms with E-state index < -0.39 is 0 Å². The number of aromatic nitrogens is 3. The summed E-state index contributed by atoms with van der Waals surface area (Å²) in [6, 6.07) is 6.99. The van der Waals surface area contributed by atoms with Gasteiger partial charge in [0, 0.05) is 12.2 Å². The molecule has 0 saturated carbocycles. The van der Waals surface area contributed by atoms with Crippen molar-refractivity contribution >= 4 is 11.8 Å². The van der Waals surface area contributed by atoms with Crippen LogP contribution in [0.25, 0.3) is 0 Å². The zero-order chi connectivity index (χ0) is 13.4. The van der Waals surface area contributed by atoms with Crippen molar-refractivity contribution in [1.82, 2.24) is 14.9 Å². The Morgan fingerprint density at radius 1 is 1.32 bits per heavy atom. The molecule has 1 aliphatic heterocycles. The molecule has 0 fully saturated rings. The average molecular weight is 274 g/mol. The van der Waals surface area contributed by atoms with Crippen molar-refractivity contribution in [2.75, 3.05) is 11.2 Å².